The van der Waals surface area contributed by atoms with Gasteiger partial charge >= 0.3 is 0 Å². The minimum Gasteiger partial charge on any atom is -0.396 e. The Hall–Kier alpha value is -0.870. The van der Waals surface area contributed by atoms with Crippen LogP contribution in [0.3, 0.4) is 0 Å². The van der Waals surface area contributed by atoms with Crippen LogP contribution in [0.25, 0.3) is 0 Å². The van der Waals surface area contributed by atoms with Gasteiger partial charge in [-0.05, 0) is 32.7 Å². The molecule has 0 rings (SSSR count). The monoisotopic (exact) mass is 270 g/mol. The van der Waals surface area contributed by atoms with Gasteiger partial charge in [-0.3, -0.25) is 10.1 Å². The highest BCUT2D eigenvalue weighted by atomic mass is 16.2. The van der Waals surface area contributed by atoms with Gasteiger partial charge in [0.1, 0.15) is 0 Å². The summed E-state index contributed by atoms with van der Waals surface area (Å²) in [5.74, 6) is 0.106. The van der Waals surface area contributed by atoms with E-state index in [0.29, 0.717) is 19.7 Å². The van der Waals surface area contributed by atoms with Crippen LogP contribution < -0.4 is 10.6 Å². The number of allylic oxidation sites excluding steroid dienone is 2. The summed E-state index contributed by atoms with van der Waals surface area (Å²) in [7, 11) is 0. The van der Waals surface area contributed by atoms with Gasteiger partial charge in [0, 0.05) is 13.0 Å². The number of amides is 1. The number of carbonyl (C=O) groups excluding carboxylic acids is 1. The van der Waals surface area contributed by atoms with Crippen LogP contribution in [-0.2, 0) is 4.79 Å². The zero-order valence-electron chi connectivity index (χ0n) is 12.3. The van der Waals surface area contributed by atoms with E-state index in [0.717, 1.165) is 32.2 Å². The molecule has 0 unspecified atom stereocenters. The molecule has 0 aliphatic heterocycles. The Balaban J connectivity index is 3.11. The van der Waals surface area contributed by atoms with Crippen molar-refractivity contribution in [3.63, 3.8) is 0 Å². The molecule has 1 amide bonds. The molecule has 0 saturated heterocycles. The van der Waals surface area contributed by atoms with E-state index in [-0.39, 0.29) is 5.91 Å². The highest BCUT2D eigenvalue weighted by Crippen LogP contribution is 2.04. The molecular formula is C15H30N2O2. The molecule has 0 aliphatic rings. The van der Waals surface area contributed by atoms with E-state index < -0.39 is 0 Å². The van der Waals surface area contributed by atoms with E-state index in [1.54, 1.807) is 0 Å². The summed E-state index contributed by atoms with van der Waals surface area (Å²) in [6.45, 7) is 3.80. The van der Waals surface area contributed by atoms with Crippen molar-refractivity contribution in [2.45, 2.75) is 58.3 Å². The van der Waals surface area contributed by atoms with Gasteiger partial charge < -0.3 is 10.4 Å². The first-order valence-electron chi connectivity index (χ1n) is 7.50. The second kappa shape index (κ2) is 15.2. The van der Waals surface area contributed by atoms with Gasteiger partial charge in [0.25, 0.3) is 0 Å². The largest absolute Gasteiger partial charge is 0.396 e. The maximum Gasteiger partial charge on any atom is 0.221 e. The molecule has 4 heteroatoms. The number of unbranched alkanes of at least 4 members (excludes halogenated alkanes) is 5. The van der Waals surface area contributed by atoms with Crippen molar-refractivity contribution >= 4 is 5.91 Å². The van der Waals surface area contributed by atoms with Crippen LogP contribution in [0, 0.1) is 0 Å². The van der Waals surface area contributed by atoms with Crippen molar-refractivity contribution in [2.75, 3.05) is 19.8 Å². The fraction of sp³-hybridized carbons (Fsp3) is 0.800. The van der Waals surface area contributed by atoms with Crippen molar-refractivity contribution in [3.05, 3.63) is 12.2 Å². The van der Waals surface area contributed by atoms with E-state index in [1.807, 2.05) is 19.1 Å². The van der Waals surface area contributed by atoms with Crippen LogP contribution >= 0.6 is 0 Å². The van der Waals surface area contributed by atoms with Crippen molar-refractivity contribution in [2.24, 2.45) is 0 Å². The van der Waals surface area contributed by atoms with Crippen molar-refractivity contribution < 1.29 is 9.90 Å². The molecule has 0 aliphatic carbocycles. The molecule has 0 atom stereocenters. The van der Waals surface area contributed by atoms with Crippen molar-refractivity contribution in [1.29, 1.82) is 0 Å². The van der Waals surface area contributed by atoms with E-state index in [4.69, 9.17) is 5.11 Å². The average molecular weight is 270 g/mol. The first kappa shape index (κ1) is 18.1. The lowest BCUT2D eigenvalue weighted by Crippen LogP contribution is -2.34. The smallest absolute Gasteiger partial charge is 0.221 e. The first-order valence-corrected chi connectivity index (χ1v) is 7.50. The summed E-state index contributed by atoms with van der Waals surface area (Å²) in [6, 6.07) is 0. The molecule has 0 aromatic rings. The van der Waals surface area contributed by atoms with Crippen LogP contribution in [0.2, 0.25) is 0 Å². The molecule has 0 radical (unpaired) electrons. The number of aliphatic hydroxyl groups is 1. The number of hydrogen-bond acceptors (Lipinski definition) is 3. The van der Waals surface area contributed by atoms with E-state index in [2.05, 4.69) is 10.6 Å². The molecule has 0 aromatic heterocycles. The Kier molecular flexibility index (Phi) is 14.5. The Morgan fingerprint density at radius 3 is 2.47 bits per heavy atom. The molecule has 3 N–H and O–H groups in total. The zero-order valence-corrected chi connectivity index (χ0v) is 12.3. The lowest BCUT2D eigenvalue weighted by atomic mass is 10.1. The normalized spacial score (nSPS) is 11.1. The van der Waals surface area contributed by atoms with Crippen LogP contribution in [0.15, 0.2) is 12.2 Å². The van der Waals surface area contributed by atoms with Gasteiger partial charge in [-0.1, -0.05) is 37.8 Å². The van der Waals surface area contributed by atoms with Gasteiger partial charge in [0.2, 0.25) is 5.91 Å². The summed E-state index contributed by atoms with van der Waals surface area (Å²) in [5, 5.41) is 14.7. The number of aliphatic hydroxyl groups excluding tert-OH is 1. The molecule has 0 bridgehead atoms. The van der Waals surface area contributed by atoms with Crippen LogP contribution in [-0.4, -0.2) is 30.8 Å². The lowest BCUT2D eigenvalue weighted by molar-refractivity contribution is -0.121. The molecule has 0 spiro atoms. The fourth-order valence-corrected chi connectivity index (χ4v) is 1.79. The molecule has 0 heterocycles. The van der Waals surface area contributed by atoms with Gasteiger partial charge in [-0.25, -0.2) is 0 Å². The third-order valence-corrected chi connectivity index (χ3v) is 2.95. The number of carbonyl (C=O) groups is 1. The summed E-state index contributed by atoms with van der Waals surface area (Å²) in [6.07, 6.45) is 12.2. The van der Waals surface area contributed by atoms with Gasteiger partial charge in [-0.15, -0.1) is 0 Å². The standard InChI is InChI=1S/C15H30N2O2/c1-2-3-8-11-15(19)17-14-16-12-9-6-4-5-7-10-13-18/h2-3,16,18H,4-14H2,1H3,(H,17,19)/b3-2+. The van der Waals surface area contributed by atoms with Crippen molar-refractivity contribution in [1.82, 2.24) is 10.6 Å². The molecule has 0 aromatic carbocycles. The highest BCUT2D eigenvalue weighted by Gasteiger charge is 1.97. The van der Waals surface area contributed by atoms with E-state index in [9.17, 15) is 4.79 Å². The SMILES string of the molecule is C/C=C/CCC(=O)NCNCCCCCCCCO. The first-order chi connectivity index (χ1) is 9.31. The third kappa shape index (κ3) is 15.1. The Labute approximate surface area is 117 Å². The highest BCUT2D eigenvalue weighted by molar-refractivity contribution is 5.75. The summed E-state index contributed by atoms with van der Waals surface area (Å²) >= 11 is 0. The van der Waals surface area contributed by atoms with Crippen molar-refractivity contribution in [3.8, 4) is 0 Å². The predicted molar refractivity (Wildman–Crippen MR) is 79.8 cm³/mol. The van der Waals surface area contributed by atoms with Gasteiger partial charge in [0.05, 0.1) is 6.67 Å². The van der Waals surface area contributed by atoms with E-state index >= 15 is 0 Å². The Morgan fingerprint density at radius 1 is 1.11 bits per heavy atom. The number of hydrogen-bond donors (Lipinski definition) is 3. The third-order valence-electron chi connectivity index (χ3n) is 2.95. The predicted octanol–water partition coefficient (Wildman–Crippen LogP) is 2.34. The summed E-state index contributed by atoms with van der Waals surface area (Å²) in [5.41, 5.74) is 0. The van der Waals surface area contributed by atoms with Crippen LogP contribution in [0.4, 0.5) is 0 Å². The van der Waals surface area contributed by atoms with Gasteiger partial charge in [-0.2, -0.15) is 0 Å². The summed E-state index contributed by atoms with van der Waals surface area (Å²) in [4.78, 5) is 11.3. The Bertz CT molecular complexity index is 230. The number of nitrogens with one attached hydrogen (secondary N) is 2. The maximum absolute atomic E-state index is 11.3. The van der Waals surface area contributed by atoms with E-state index in [1.165, 1.54) is 19.3 Å². The second-order valence-electron chi connectivity index (χ2n) is 4.73. The van der Waals surface area contributed by atoms with Crippen LogP contribution in [0.1, 0.15) is 58.3 Å². The second-order valence-corrected chi connectivity index (χ2v) is 4.73. The quantitative estimate of drug-likeness (QED) is 0.273. The van der Waals surface area contributed by atoms with Gasteiger partial charge in [0.15, 0.2) is 0 Å². The Morgan fingerprint density at radius 2 is 1.79 bits per heavy atom. The lowest BCUT2D eigenvalue weighted by Gasteiger charge is -2.06. The minimum absolute atomic E-state index is 0.106. The summed E-state index contributed by atoms with van der Waals surface area (Å²) < 4.78 is 0. The maximum atomic E-state index is 11.3. The fourth-order valence-electron chi connectivity index (χ4n) is 1.79. The van der Waals surface area contributed by atoms with Crippen LogP contribution in [0.5, 0.6) is 0 Å². The molecular weight excluding hydrogens is 240 g/mol. The zero-order chi connectivity index (χ0) is 14.2. The molecule has 112 valence electrons. The molecule has 0 fully saturated rings. The molecule has 4 nitrogen and oxygen atoms in total. The molecule has 0 saturated carbocycles. The average Bonchev–Trinajstić information content (AvgIpc) is 2.41. The number of rotatable bonds is 13. The minimum atomic E-state index is 0.106. The molecule has 19 heavy (non-hydrogen) atoms. The topological polar surface area (TPSA) is 61.4 Å².